The molecule has 0 saturated carbocycles. The molecule has 1 aliphatic heterocycles. The molecule has 0 radical (unpaired) electrons. The van der Waals surface area contributed by atoms with Gasteiger partial charge in [-0.05, 0) is 32.0 Å². The Bertz CT molecular complexity index is 339. The number of rotatable bonds is 4. The molecule has 0 bridgehead atoms. The highest BCUT2D eigenvalue weighted by Crippen LogP contribution is 2.15. The minimum absolute atomic E-state index is 0.0834. The van der Waals surface area contributed by atoms with E-state index in [2.05, 4.69) is 17.6 Å². The molecule has 0 spiro atoms. The van der Waals surface area contributed by atoms with Crippen molar-refractivity contribution in [1.29, 1.82) is 0 Å². The van der Waals surface area contributed by atoms with Crippen molar-refractivity contribution in [3.05, 3.63) is 11.1 Å². The first-order chi connectivity index (χ1) is 7.56. The molecule has 0 unspecified atom stereocenters. The average Bonchev–Trinajstić information content (AvgIpc) is 2.16. The third-order valence-electron chi connectivity index (χ3n) is 2.49. The number of carbonyl (C=O) groups excluding carboxylic acids is 2. The van der Waals surface area contributed by atoms with Crippen molar-refractivity contribution in [3.8, 4) is 0 Å². The summed E-state index contributed by atoms with van der Waals surface area (Å²) in [6.07, 6.45) is 3.99. The van der Waals surface area contributed by atoms with E-state index in [4.69, 9.17) is 12.2 Å². The first-order valence-electron chi connectivity index (χ1n) is 5.42. The van der Waals surface area contributed by atoms with Crippen LogP contribution in [0.5, 0.6) is 0 Å². The topological polar surface area (TPSA) is 58.2 Å². The van der Waals surface area contributed by atoms with Gasteiger partial charge < -0.3 is 0 Å². The summed E-state index contributed by atoms with van der Waals surface area (Å²) in [7, 11) is 0. The van der Waals surface area contributed by atoms with Gasteiger partial charge in [-0.3, -0.25) is 20.2 Å². The molecule has 88 valence electrons. The Kier molecular flexibility index (Phi) is 4.61. The summed E-state index contributed by atoms with van der Waals surface area (Å²) >= 11 is 4.72. The Morgan fingerprint density at radius 3 is 2.25 bits per heavy atom. The minimum atomic E-state index is -0.386. The van der Waals surface area contributed by atoms with Crippen LogP contribution >= 0.6 is 12.2 Å². The number of amides is 2. The lowest BCUT2D eigenvalue weighted by Gasteiger charge is -2.18. The Morgan fingerprint density at radius 2 is 1.75 bits per heavy atom. The van der Waals surface area contributed by atoms with E-state index in [0.717, 1.165) is 31.3 Å². The van der Waals surface area contributed by atoms with Crippen LogP contribution in [0.4, 0.5) is 0 Å². The van der Waals surface area contributed by atoms with Crippen LogP contribution in [0.25, 0.3) is 0 Å². The third kappa shape index (κ3) is 3.13. The fourth-order valence-electron chi connectivity index (χ4n) is 1.62. The molecule has 1 rings (SSSR count). The number of thiocarbonyl (C=S) groups is 1. The quantitative estimate of drug-likeness (QED) is 0.338. The lowest BCUT2D eigenvalue weighted by molar-refractivity contribution is -0.123. The molecule has 1 fully saturated rings. The van der Waals surface area contributed by atoms with E-state index in [0.29, 0.717) is 0 Å². The lowest BCUT2D eigenvalue weighted by Crippen LogP contribution is -2.51. The van der Waals surface area contributed by atoms with Gasteiger partial charge in [-0.25, -0.2) is 0 Å². The molecule has 0 aromatic heterocycles. The molecule has 5 heteroatoms. The molecule has 1 aliphatic rings. The number of nitrogens with one attached hydrogen (secondary N) is 2. The van der Waals surface area contributed by atoms with Crippen molar-refractivity contribution < 1.29 is 9.59 Å². The van der Waals surface area contributed by atoms with E-state index in [1.54, 1.807) is 0 Å². The number of unbranched alkanes of at least 4 members (excludes halogenated alkanes) is 2. The van der Waals surface area contributed by atoms with E-state index >= 15 is 0 Å². The summed E-state index contributed by atoms with van der Waals surface area (Å²) in [5, 5.41) is 4.95. The van der Waals surface area contributed by atoms with E-state index in [9.17, 15) is 9.59 Å². The van der Waals surface area contributed by atoms with Crippen LogP contribution in [-0.2, 0) is 9.59 Å². The molecule has 16 heavy (non-hydrogen) atoms. The Labute approximate surface area is 100 Å². The summed E-state index contributed by atoms with van der Waals surface area (Å²) < 4.78 is 0. The van der Waals surface area contributed by atoms with Crippen LogP contribution in [0.15, 0.2) is 11.1 Å². The summed E-state index contributed by atoms with van der Waals surface area (Å²) in [6.45, 7) is 3.93. The Balaban J connectivity index is 2.75. The number of hydrogen-bond donors (Lipinski definition) is 2. The van der Waals surface area contributed by atoms with Crippen LogP contribution < -0.4 is 10.6 Å². The van der Waals surface area contributed by atoms with Gasteiger partial charge in [0.15, 0.2) is 5.11 Å². The average molecular weight is 240 g/mol. The van der Waals surface area contributed by atoms with E-state index in [1.165, 1.54) is 0 Å². The SMILES string of the molecule is CCCCCC(C)=C1C(=O)NC(=S)NC1=O. The monoisotopic (exact) mass is 240 g/mol. The summed E-state index contributed by atoms with van der Waals surface area (Å²) in [5.74, 6) is -0.773. The van der Waals surface area contributed by atoms with Gasteiger partial charge >= 0.3 is 0 Å². The second-order valence-corrected chi connectivity index (χ2v) is 4.26. The minimum Gasteiger partial charge on any atom is -0.299 e. The molecular formula is C11H16N2O2S. The number of allylic oxidation sites excluding steroid dienone is 1. The van der Waals surface area contributed by atoms with Crippen LogP contribution in [0.2, 0.25) is 0 Å². The fraction of sp³-hybridized carbons (Fsp3) is 0.545. The lowest BCUT2D eigenvalue weighted by atomic mass is 10.0. The molecule has 0 aromatic rings. The largest absolute Gasteiger partial charge is 0.299 e. The zero-order chi connectivity index (χ0) is 12.1. The van der Waals surface area contributed by atoms with E-state index < -0.39 is 0 Å². The third-order valence-corrected chi connectivity index (χ3v) is 2.69. The van der Waals surface area contributed by atoms with Crippen molar-refractivity contribution in [3.63, 3.8) is 0 Å². The van der Waals surface area contributed by atoms with Crippen molar-refractivity contribution in [1.82, 2.24) is 10.6 Å². The normalized spacial score (nSPS) is 15.9. The first-order valence-corrected chi connectivity index (χ1v) is 5.83. The molecule has 2 amide bonds. The molecule has 1 heterocycles. The zero-order valence-electron chi connectivity index (χ0n) is 9.55. The van der Waals surface area contributed by atoms with Crippen molar-refractivity contribution in [2.45, 2.75) is 39.5 Å². The van der Waals surface area contributed by atoms with Gasteiger partial charge in [-0.2, -0.15) is 0 Å². The predicted molar refractivity (Wildman–Crippen MR) is 65.7 cm³/mol. The molecule has 2 N–H and O–H groups in total. The van der Waals surface area contributed by atoms with Crippen molar-refractivity contribution >= 4 is 29.1 Å². The fourth-order valence-corrected chi connectivity index (χ4v) is 1.80. The second kappa shape index (κ2) is 5.75. The van der Waals surface area contributed by atoms with Gasteiger partial charge in [0, 0.05) is 0 Å². The van der Waals surface area contributed by atoms with Crippen molar-refractivity contribution in [2.75, 3.05) is 0 Å². The smallest absolute Gasteiger partial charge is 0.262 e. The number of hydrogen-bond acceptors (Lipinski definition) is 3. The molecule has 4 nitrogen and oxygen atoms in total. The van der Waals surface area contributed by atoms with Gasteiger partial charge in [0.2, 0.25) is 0 Å². The van der Waals surface area contributed by atoms with Crippen molar-refractivity contribution in [2.24, 2.45) is 0 Å². The molecule has 1 saturated heterocycles. The Morgan fingerprint density at radius 1 is 1.19 bits per heavy atom. The molecule has 0 aliphatic carbocycles. The number of carbonyl (C=O) groups is 2. The Hall–Kier alpha value is -1.23. The highest BCUT2D eigenvalue weighted by atomic mass is 32.1. The van der Waals surface area contributed by atoms with Gasteiger partial charge in [-0.1, -0.05) is 25.3 Å². The summed E-state index contributed by atoms with van der Waals surface area (Å²) in [6, 6.07) is 0. The summed E-state index contributed by atoms with van der Waals surface area (Å²) in [4.78, 5) is 23.1. The van der Waals surface area contributed by atoms with Gasteiger partial charge in [-0.15, -0.1) is 0 Å². The van der Waals surface area contributed by atoms with Crippen LogP contribution in [0, 0.1) is 0 Å². The van der Waals surface area contributed by atoms with Gasteiger partial charge in [0.1, 0.15) is 5.57 Å². The van der Waals surface area contributed by atoms with Crippen LogP contribution in [0.1, 0.15) is 39.5 Å². The van der Waals surface area contributed by atoms with E-state index in [-0.39, 0.29) is 22.5 Å². The highest BCUT2D eigenvalue weighted by molar-refractivity contribution is 7.80. The molecular weight excluding hydrogens is 224 g/mol. The molecule has 0 aromatic carbocycles. The standard InChI is InChI=1S/C11H16N2O2S/c1-3-4-5-6-7(2)8-9(14)12-11(16)13-10(8)15/h3-6H2,1-2H3,(H2,12,13,14,15,16). The maximum atomic E-state index is 11.6. The molecule has 0 atom stereocenters. The highest BCUT2D eigenvalue weighted by Gasteiger charge is 2.27. The van der Waals surface area contributed by atoms with E-state index in [1.807, 2.05) is 6.92 Å². The predicted octanol–water partition coefficient (Wildman–Crippen LogP) is 1.41. The summed E-state index contributed by atoms with van der Waals surface area (Å²) in [5.41, 5.74) is 1.04. The van der Waals surface area contributed by atoms with Gasteiger partial charge in [0.25, 0.3) is 11.8 Å². The van der Waals surface area contributed by atoms with Crippen LogP contribution in [-0.4, -0.2) is 16.9 Å². The maximum Gasteiger partial charge on any atom is 0.262 e. The van der Waals surface area contributed by atoms with Crippen LogP contribution in [0.3, 0.4) is 0 Å². The zero-order valence-corrected chi connectivity index (χ0v) is 10.4. The maximum absolute atomic E-state index is 11.6. The van der Waals surface area contributed by atoms with Gasteiger partial charge in [0.05, 0.1) is 0 Å². The first kappa shape index (κ1) is 12.8. The second-order valence-electron chi connectivity index (χ2n) is 3.85.